The van der Waals surface area contributed by atoms with Gasteiger partial charge in [0.05, 0.1) is 16.9 Å². The Labute approximate surface area is 109 Å². The summed E-state index contributed by atoms with van der Waals surface area (Å²) in [6, 6.07) is 6.34. The second-order valence-corrected chi connectivity index (χ2v) is 4.09. The van der Waals surface area contributed by atoms with Crippen LogP contribution in [0.25, 0.3) is 0 Å². The lowest BCUT2D eigenvalue weighted by Crippen LogP contribution is -2.15. The van der Waals surface area contributed by atoms with Crippen molar-refractivity contribution in [3.63, 3.8) is 0 Å². The fourth-order valence-electron chi connectivity index (χ4n) is 1.71. The van der Waals surface area contributed by atoms with Gasteiger partial charge >= 0.3 is 5.97 Å². The van der Waals surface area contributed by atoms with Gasteiger partial charge in [0.15, 0.2) is 0 Å². The first-order chi connectivity index (χ1) is 8.99. The summed E-state index contributed by atoms with van der Waals surface area (Å²) in [4.78, 5) is 23.1. The number of nitrogens with zero attached hydrogens (tertiary/aromatic N) is 1. The van der Waals surface area contributed by atoms with Crippen LogP contribution < -0.4 is 5.32 Å². The second kappa shape index (κ2) is 4.93. The van der Waals surface area contributed by atoms with Gasteiger partial charge in [0.25, 0.3) is 5.91 Å². The highest BCUT2D eigenvalue weighted by atomic mass is 16.5. The molecule has 2 rings (SSSR count). The maximum absolute atomic E-state index is 11.9. The van der Waals surface area contributed by atoms with Gasteiger partial charge in [-0.05, 0) is 25.5 Å². The van der Waals surface area contributed by atoms with E-state index in [9.17, 15) is 9.59 Å². The van der Waals surface area contributed by atoms with E-state index in [0.29, 0.717) is 11.3 Å². The Morgan fingerprint density at radius 1 is 1.32 bits per heavy atom. The van der Waals surface area contributed by atoms with E-state index in [1.54, 1.807) is 26.0 Å². The van der Waals surface area contributed by atoms with Gasteiger partial charge < -0.3 is 14.9 Å². The molecule has 0 aliphatic rings. The molecule has 0 atom stereocenters. The van der Waals surface area contributed by atoms with Gasteiger partial charge in [0.2, 0.25) is 5.76 Å². The maximum Gasteiger partial charge on any atom is 0.338 e. The minimum Gasteiger partial charge on any atom is -0.478 e. The summed E-state index contributed by atoms with van der Waals surface area (Å²) in [5.74, 6) is -1.59. The van der Waals surface area contributed by atoms with Crippen LogP contribution >= 0.6 is 0 Å². The number of amides is 1. The molecule has 0 radical (unpaired) electrons. The predicted molar refractivity (Wildman–Crippen MR) is 67.3 cm³/mol. The summed E-state index contributed by atoms with van der Waals surface area (Å²) < 4.78 is 4.82. The Bertz CT molecular complexity index is 646. The average molecular weight is 260 g/mol. The highest BCUT2D eigenvalue weighted by Gasteiger charge is 2.17. The maximum atomic E-state index is 11.9. The van der Waals surface area contributed by atoms with Gasteiger partial charge in [-0.3, -0.25) is 4.79 Å². The van der Waals surface area contributed by atoms with Crippen LogP contribution in [-0.2, 0) is 0 Å². The standard InChI is InChI=1S/C13H12N2O4/c1-7-4-3-5-9(11(7)13(17)18)14-12(16)10-6-8(2)15-19-10/h3-6H,1-2H3,(H,14,16)(H,17,18). The number of aromatic nitrogens is 1. The monoisotopic (exact) mass is 260 g/mol. The number of hydrogen-bond donors (Lipinski definition) is 2. The smallest absolute Gasteiger partial charge is 0.338 e. The molecule has 0 spiro atoms. The summed E-state index contributed by atoms with van der Waals surface area (Å²) in [7, 11) is 0. The van der Waals surface area contributed by atoms with E-state index in [2.05, 4.69) is 10.5 Å². The molecular weight excluding hydrogens is 248 g/mol. The number of anilines is 1. The highest BCUT2D eigenvalue weighted by Crippen LogP contribution is 2.20. The second-order valence-electron chi connectivity index (χ2n) is 4.09. The fraction of sp³-hybridized carbons (Fsp3) is 0.154. The third-order valence-electron chi connectivity index (χ3n) is 2.59. The van der Waals surface area contributed by atoms with Crippen LogP contribution in [0, 0.1) is 13.8 Å². The Morgan fingerprint density at radius 2 is 2.05 bits per heavy atom. The lowest BCUT2D eigenvalue weighted by Gasteiger charge is -2.09. The van der Waals surface area contributed by atoms with Crippen LogP contribution in [0.2, 0.25) is 0 Å². The summed E-state index contributed by atoms with van der Waals surface area (Å²) >= 11 is 0. The lowest BCUT2D eigenvalue weighted by atomic mass is 10.1. The number of hydrogen-bond acceptors (Lipinski definition) is 4. The first-order valence-corrected chi connectivity index (χ1v) is 5.56. The molecule has 1 amide bonds. The predicted octanol–water partition coefficient (Wildman–Crippen LogP) is 2.24. The Morgan fingerprint density at radius 3 is 2.63 bits per heavy atom. The van der Waals surface area contributed by atoms with E-state index in [1.165, 1.54) is 12.1 Å². The molecule has 0 aliphatic carbocycles. The van der Waals surface area contributed by atoms with Crippen molar-refractivity contribution in [2.45, 2.75) is 13.8 Å². The minimum absolute atomic E-state index is 0.0374. The number of aryl methyl sites for hydroxylation is 2. The molecule has 2 aromatic rings. The molecular formula is C13H12N2O4. The van der Waals surface area contributed by atoms with Gasteiger partial charge in [0, 0.05) is 6.07 Å². The zero-order chi connectivity index (χ0) is 14.0. The number of rotatable bonds is 3. The first kappa shape index (κ1) is 12.8. The molecule has 19 heavy (non-hydrogen) atoms. The Kier molecular flexibility index (Phi) is 3.33. The normalized spacial score (nSPS) is 10.2. The van der Waals surface area contributed by atoms with E-state index in [4.69, 9.17) is 9.63 Å². The number of nitrogens with one attached hydrogen (secondary N) is 1. The molecule has 1 aromatic heterocycles. The quantitative estimate of drug-likeness (QED) is 0.882. The molecule has 0 saturated carbocycles. The van der Waals surface area contributed by atoms with Crippen LogP contribution in [0.5, 0.6) is 0 Å². The molecule has 0 fully saturated rings. The number of carboxylic acid groups (broad SMARTS) is 1. The summed E-state index contributed by atoms with van der Waals surface area (Å²) in [5.41, 5.74) is 1.44. The lowest BCUT2D eigenvalue weighted by molar-refractivity contribution is 0.0697. The topological polar surface area (TPSA) is 92.4 Å². The van der Waals surface area contributed by atoms with Gasteiger partial charge in [-0.25, -0.2) is 4.79 Å². The van der Waals surface area contributed by atoms with E-state index >= 15 is 0 Å². The Balaban J connectivity index is 2.31. The van der Waals surface area contributed by atoms with Crippen molar-refractivity contribution in [1.82, 2.24) is 5.16 Å². The summed E-state index contributed by atoms with van der Waals surface area (Å²) in [6.07, 6.45) is 0. The number of carboxylic acids is 1. The van der Waals surface area contributed by atoms with Gasteiger partial charge in [-0.1, -0.05) is 17.3 Å². The summed E-state index contributed by atoms with van der Waals surface area (Å²) in [5, 5.41) is 15.3. The molecule has 0 aliphatic heterocycles. The number of carbonyl (C=O) groups is 2. The minimum atomic E-state index is -1.10. The van der Waals surface area contributed by atoms with Crippen molar-refractivity contribution in [2.24, 2.45) is 0 Å². The van der Waals surface area contributed by atoms with E-state index in [-0.39, 0.29) is 17.0 Å². The summed E-state index contributed by atoms with van der Waals surface area (Å²) in [6.45, 7) is 3.35. The molecule has 98 valence electrons. The first-order valence-electron chi connectivity index (χ1n) is 5.56. The molecule has 0 saturated heterocycles. The van der Waals surface area contributed by atoms with Crippen molar-refractivity contribution in [2.75, 3.05) is 5.32 Å². The molecule has 1 aromatic carbocycles. The zero-order valence-electron chi connectivity index (χ0n) is 10.4. The SMILES string of the molecule is Cc1cc(C(=O)Nc2cccc(C)c2C(=O)O)on1. The molecule has 0 bridgehead atoms. The van der Waals surface area contributed by atoms with Crippen molar-refractivity contribution < 1.29 is 19.2 Å². The van der Waals surface area contributed by atoms with Crippen molar-refractivity contribution in [3.8, 4) is 0 Å². The van der Waals surface area contributed by atoms with Gasteiger partial charge in [-0.2, -0.15) is 0 Å². The third kappa shape index (κ3) is 2.62. The number of aromatic carboxylic acids is 1. The third-order valence-corrected chi connectivity index (χ3v) is 2.59. The van der Waals surface area contributed by atoms with Crippen molar-refractivity contribution in [1.29, 1.82) is 0 Å². The molecule has 6 heteroatoms. The van der Waals surface area contributed by atoms with Crippen LogP contribution in [0.1, 0.15) is 32.2 Å². The molecule has 6 nitrogen and oxygen atoms in total. The molecule has 2 N–H and O–H groups in total. The van der Waals surface area contributed by atoms with E-state index in [0.717, 1.165) is 0 Å². The zero-order valence-corrected chi connectivity index (χ0v) is 10.4. The largest absolute Gasteiger partial charge is 0.478 e. The van der Waals surface area contributed by atoms with Crippen LogP contribution in [-0.4, -0.2) is 22.1 Å². The van der Waals surface area contributed by atoms with Crippen molar-refractivity contribution in [3.05, 3.63) is 46.8 Å². The fourth-order valence-corrected chi connectivity index (χ4v) is 1.71. The van der Waals surface area contributed by atoms with Crippen LogP contribution in [0.3, 0.4) is 0 Å². The van der Waals surface area contributed by atoms with E-state index in [1.807, 2.05) is 0 Å². The van der Waals surface area contributed by atoms with E-state index < -0.39 is 11.9 Å². The van der Waals surface area contributed by atoms with Crippen LogP contribution in [0.15, 0.2) is 28.8 Å². The average Bonchev–Trinajstić information content (AvgIpc) is 2.75. The van der Waals surface area contributed by atoms with Gasteiger partial charge in [-0.15, -0.1) is 0 Å². The number of benzene rings is 1. The Hall–Kier alpha value is -2.63. The van der Waals surface area contributed by atoms with Gasteiger partial charge in [0.1, 0.15) is 0 Å². The number of carbonyl (C=O) groups excluding carboxylic acids is 1. The highest BCUT2D eigenvalue weighted by molar-refractivity contribution is 6.06. The molecule has 1 heterocycles. The van der Waals surface area contributed by atoms with Crippen molar-refractivity contribution >= 4 is 17.6 Å². The van der Waals surface area contributed by atoms with Crippen LogP contribution in [0.4, 0.5) is 5.69 Å². The molecule has 0 unspecified atom stereocenters.